The number of nitrogens with zero attached hydrogens (tertiary/aromatic N) is 2. The molecule has 0 bridgehead atoms. The minimum absolute atomic E-state index is 0.103. The van der Waals surface area contributed by atoms with Gasteiger partial charge >= 0.3 is 5.97 Å². The van der Waals surface area contributed by atoms with Gasteiger partial charge in [-0.1, -0.05) is 60.4 Å². The Morgan fingerprint density at radius 1 is 1.15 bits per heavy atom. The molecular weight excluding hydrogens is 380 g/mol. The van der Waals surface area contributed by atoms with Gasteiger partial charge in [-0.2, -0.15) is 0 Å². The molecule has 1 amide bonds. The summed E-state index contributed by atoms with van der Waals surface area (Å²) in [4.78, 5) is 25.1. The van der Waals surface area contributed by atoms with Crippen LogP contribution >= 0.6 is 24.0 Å². The van der Waals surface area contributed by atoms with E-state index in [1.165, 1.54) is 0 Å². The molecule has 0 aliphatic carbocycles. The molecule has 2 heterocycles. The summed E-state index contributed by atoms with van der Waals surface area (Å²) in [7, 11) is 0. The zero-order valence-electron chi connectivity index (χ0n) is 14.5. The molecule has 1 aliphatic rings. The number of fused-ring (bicyclic) bond motifs is 3. The van der Waals surface area contributed by atoms with E-state index < -0.39 is 12.5 Å². The van der Waals surface area contributed by atoms with E-state index in [1.807, 2.05) is 37.3 Å². The van der Waals surface area contributed by atoms with Crippen molar-refractivity contribution in [3.63, 3.8) is 0 Å². The molecule has 4 rings (SSSR count). The van der Waals surface area contributed by atoms with Crippen LogP contribution in [-0.2, 0) is 9.59 Å². The highest BCUT2D eigenvalue weighted by Crippen LogP contribution is 2.36. The lowest BCUT2D eigenvalue weighted by molar-refractivity contribution is -0.140. The first-order valence-corrected chi connectivity index (χ1v) is 9.65. The summed E-state index contributed by atoms with van der Waals surface area (Å²) < 4.78 is 2.47. The van der Waals surface area contributed by atoms with Crippen molar-refractivity contribution in [2.24, 2.45) is 0 Å². The summed E-state index contributed by atoms with van der Waals surface area (Å²) in [5.41, 5.74) is 2.17. The van der Waals surface area contributed by atoms with Crippen molar-refractivity contribution >= 4 is 62.0 Å². The number of amides is 1. The highest BCUT2D eigenvalue weighted by molar-refractivity contribution is 8.26. The average molecular weight is 396 g/mol. The maximum atomic E-state index is 12.6. The largest absolute Gasteiger partial charge is 0.480 e. The summed E-state index contributed by atoms with van der Waals surface area (Å²) in [6.45, 7) is 1.61. The van der Waals surface area contributed by atoms with Crippen LogP contribution < -0.4 is 0 Å². The Balaban J connectivity index is 1.78. The van der Waals surface area contributed by atoms with Gasteiger partial charge in [-0.25, -0.2) is 0 Å². The van der Waals surface area contributed by atoms with E-state index in [0.717, 1.165) is 38.5 Å². The topological polar surface area (TPSA) is 62.5 Å². The predicted octanol–water partition coefficient (Wildman–Crippen LogP) is 4.18. The van der Waals surface area contributed by atoms with Gasteiger partial charge in [0.25, 0.3) is 5.91 Å². The molecule has 1 N–H and O–H groups in total. The van der Waals surface area contributed by atoms with Crippen LogP contribution in [0, 0.1) is 0 Å². The van der Waals surface area contributed by atoms with Gasteiger partial charge in [-0.3, -0.25) is 14.5 Å². The molecule has 0 saturated carbocycles. The van der Waals surface area contributed by atoms with Crippen molar-refractivity contribution in [1.29, 1.82) is 0 Å². The first-order valence-electron chi connectivity index (χ1n) is 8.42. The molecule has 27 heavy (non-hydrogen) atoms. The van der Waals surface area contributed by atoms with Crippen molar-refractivity contribution in [3.05, 3.63) is 59.5 Å². The number of allylic oxidation sites excluding steroid dienone is 1. The van der Waals surface area contributed by atoms with Crippen LogP contribution in [-0.4, -0.2) is 37.3 Å². The van der Waals surface area contributed by atoms with E-state index in [-0.39, 0.29) is 16.3 Å². The van der Waals surface area contributed by atoms with Crippen LogP contribution in [0.15, 0.2) is 59.5 Å². The number of hydrogen-bond donors (Lipinski definition) is 1. The molecule has 1 fully saturated rings. The van der Waals surface area contributed by atoms with E-state index in [0.29, 0.717) is 4.91 Å². The molecule has 1 unspecified atom stereocenters. The van der Waals surface area contributed by atoms with Gasteiger partial charge < -0.3 is 9.67 Å². The number of carbonyl (C=O) groups excluding carboxylic acids is 1. The molecule has 1 aromatic heterocycles. The summed E-state index contributed by atoms with van der Waals surface area (Å²) in [5, 5.41) is 11.3. The van der Waals surface area contributed by atoms with Crippen LogP contribution in [0.5, 0.6) is 0 Å². The van der Waals surface area contributed by atoms with Gasteiger partial charge in [0.1, 0.15) is 10.9 Å². The molecule has 136 valence electrons. The molecule has 1 atom stereocenters. The third kappa shape index (κ3) is 3.02. The van der Waals surface area contributed by atoms with E-state index in [9.17, 15) is 9.59 Å². The van der Waals surface area contributed by atoms with Crippen molar-refractivity contribution in [1.82, 2.24) is 9.47 Å². The lowest BCUT2D eigenvalue weighted by Crippen LogP contribution is -2.33. The van der Waals surface area contributed by atoms with E-state index >= 15 is 0 Å². The molecule has 3 aromatic rings. The summed E-state index contributed by atoms with van der Waals surface area (Å²) >= 11 is 6.33. The molecule has 0 radical (unpaired) electrons. The molecule has 1 saturated heterocycles. The van der Waals surface area contributed by atoms with Crippen molar-refractivity contribution in [2.75, 3.05) is 6.54 Å². The number of carboxylic acid groups (broad SMARTS) is 1. The Morgan fingerprint density at radius 3 is 2.26 bits per heavy atom. The van der Waals surface area contributed by atoms with E-state index in [1.54, 1.807) is 0 Å². The Kier molecular flexibility index (Phi) is 4.49. The summed E-state index contributed by atoms with van der Waals surface area (Å²) in [5.74, 6) is -1.43. The Morgan fingerprint density at radius 2 is 1.70 bits per heavy atom. The normalized spacial score (nSPS) is 17.4. The lowest BCUT2D eigenvalue weighted by Gasteiger charge is -2.14. The third-order valence-corrected chi connectivity index (χ3v) is 5.98. The molecule has 2 aromatic carbocycles. The lowest BCUT2D eigenvalue weighted by atomic mass is 10.2. The SMILES string of the molecule is CC(/C=C1\SC(=S)N(CC(=O)O)C1=O)n1c2ccccc2c2ccccc21. The van der Waals surface area contributed by atoms with Crippen LogP contribution in [0.25, 0.3) is 21.8 Å². The monoisotopic (exact) mass is 396 g/mol. The second kappa shape index (κ2) is 6.83. The quantitative estimate of drug-likeness (QED) is 0.529. The Labute approximate surface area is 165 Å². The predicted molar refractivity (Wildman–Crippen MR) is 112 cm³/mol. The molecule has 7 heteroatoms. The Hall–Kier alpha value is -2.64. The van der Waals surface area contributed by atoms with Gasteiger partial charge in [0.05, 0.1) is 10.9 Å². The number of aromatic nitrogens is 1. The number of benzene rings is 2. The second-order valence-electron chi connectivity index (χ2n) is 6.33. The number of carbonyl (C=O) groups is 2. The minimum atomic E-state index is -1.08. The fourth-order valence-corrected chi connectivity index (χ4v) is 4.80. The fourth-order valence-electron chi connectivity index (χ4n) is 3.47. The van der Waals surface area contributed by atoms with Gasteiger partial charge in [-0.05, 0) is 25.1 Å². The average Bonchev–Trinajstić information content (AvgIpc) is 3.11. The fraction of sp³-hybridized carbons (Fsp3) is 0.150. The van der Waals surface area contributed by atoms with Crippen molar-refractivity contribution in [2.45, 2.75) is 13.0 Å². The smallest absolute Gasteiger partial charge is 0.323 e. The molecule has 0 spiro atoms. The molecule has 5 nitrogen and oxygen atoms in total. The number of thiocarbonyl (C=S) groups is 1. The minimum Gasteiger partial charge on any atom is -0.480 e. The van der Waals surface area contributed by atoms with Gasteiger partial charge in [0, 0.05) is 21.8 Å². The Bertz CT molecular complexity index is 1080. The summed E-state index contributed by atoms with van der Waals surface area (Å²) in [6.07, 6.45) is 1.86. The number of hydrogen-bond acceptors (Lipinski definition) is 4. The highest BCUT2D eigenvalue weighted by atomic mass is 32.2. The third-order valence-electron chi connectivity index (χ3n) is 4.58. The zero-order chi connectivity index (χ0) is 19.1. The first kappa shape index (κ1) is 17.8. The number of carboxylic acids is 1. The van der Waals surface area contributed by atoms with Crippen LogP contribution in [0.2, 0.25) is 0 Å². The van der Waals surface area contributed by atoms with Crippen LogP contribution in [0.1, 0.15) is 13.0 Å². The van der Waals surface area contributed by atoms with Crippen molar-refractivity contribution in [3.8, 4) is 0 Å². The number of rotatable bonds is 4. The zero-order valence-corrected chi connectivity index (χ0v) is 16.1. The molecular formula is C20H16N2O3S2. The van der Waals surface area contributed by atoms with Crippen LogP contribution in [0.4, 0.5) is 0 Å². The maximum absolute atomic E-state index is 12.6. The van der Waals surface area contributed by atoms with E-state index in [4.69, 9.17) is 17.3 Å². The van der Waals surface area contributed by atoms with Crippen molar-refractivity contribution < 1.29 is 14.7 Å². The standard InChI is InChI=1S/C20H16N2O3S2/c1-12(10-17-19(25)21(11-18(23)24)20(26)27-17)22-15-8-4-2-6-13(15)14-7-3-5-9-16(14)22/h2-10,12H,11H2,1H3,(H,23,24)/b17-10-. The first-order chi connectivity index (χ1) is 13.0. The second-order valence-corrected chi connectivity index (χ2v) is 8.00. The van der Waals surface area contributed by atoms with Gasteiger partial charge in [0.2, 0.25) is 0 Å². The number of para-hydroxylation sites is 2. The number of thioether (sulfide) groups is 1. The number of aliphatic carboxylic acids is 1. The van der Waals surface area contributed by atoms with E-state index in [2.05, 4.69) is 28.8 Å². The van der Waals surface area contributed by atoms with Crippen LogP contribution in [0.3, 0.4) is 0 Å². The molecule has 1 aliphatic heterocycles. The van der Waals surface area contributed by atoms with Gasteiger partial charge in [-0.15, -0.1) is 0 Å². The summed E-state index contributed by atoms with van der Waals surface area (Å²) in [6, 6.07) is 16.2. The van der Waals surface area contributed by atoms with Gasteiger partial charge in [0.15, 0.2) is 0 Å². The maximum Gasteiger partial charge on any atom is 0.323 e. The highest BCUT2D eigenvalue weighted by Gasteiger charge is 2.33.